The van der Waals surface area contributed by atoms with Crippen molar-refractivity contribution in [3.05, 3.63) is 117 Å². The molecule has 0 radical (unpaired) electrons. The van der Waals surface area contributed by atoms with Gasteiger partial charge in [0.25, 0.3) is 0 Å². The van der Waals surface area contributed by atoms with E-state index in [0.717, 1.165) is 22.9 Å². The number of hydrogen-bond acceptors (Lipinski definition) is 2. The highest BCUT2D eigenvalue weighted by Crippen LogP contribution is 2.42. The average molecular weight is 578 g/mol. The maximum atomic E-state index is 6.45. The molecular weight excluding hydrogens is 547 g/mol. The van der Waals surface area contributed by atoms with Gasteiger partial charge in [-0.1, -0.05) is 83.1 Å². The molecule has 3 aliphatic rings. The zero-order valence-electron chi connectivity index (χ0n) is 21.1. The Morgan fingerprint density at radius 2 is 0.947 bits per heavy atom. The predicted molar refractivity (Wildman–Crippen MR) is 158 cm³/mol. The van der Waals surface area contributed by atoms with Gasteiger partial charge in [-0.15, -0.1) is 0 Å². The van der Waals surface area contributed by atoms with E-state index < -0.39 is 0 Å². The number of nitrogens with one attached hydrogen (secondary N) is 2. The Hall–Kier alpha value is -1.92. The molecule has 4 aromatic rings. The summed E-state index contributed by atoms with van der Waals surface area (Å²) >= 11 is 16.7. The molecule has 38 heavy (non-hydrogen) atoms. The Bertz CT molecular complexity index is 1390. The van der Waals surface area contributed by atoms with Crippen molar-refractivity contribution in [2.45, 2.75) is 44.5 Å². The third kappa shape index (κ3) is 4.81. The molecule has 3 heterocycles. The van der Waals surface area contributed by atoms with Crippen LogP contribution in [0, 0.1) is 0 Å². The van der Waals surface area contributed by atoms with Gasteiger partial charge in [-0.3, -0.25) is 0 Å². The summed E-state index contributed by atoms with van der Waals surface area (Å²) < 4.78 is 0. The molecule has 0 saturated carbocycles. The number of hydrogen-bond donors (Lipinski definition) is 2. The lowest BCUT2D eigenvalue weighted by atomic mass is 9.95. The second kappa shape index (κ2) is 10.6. The van der Waals surface area contributed by atoms with E-state index in [1.165, 1.54) is 68.0 Å². The highest BCUT2D eigenvalue weighted by molar-refractivity contribution is 7.99. The first kappa shape index (κ1) is 25.1. The van der Waals surface area contributed by atoms with Crippen molar-refractivity contribution in [1.29, 1.82) is 0 Å². The van der Waals surface area contributed by atoms with Gasteiger partial charge >= 0.3 is 0 Å². The number of benzene rings is 4. The summed E-state index contributed by atoms with van der Waals surface area (Å²) in [5.74, 6) is 0. The molecule has 0 bridgehead atoms. The second-order valence-electron chi connectivity index (χ2n) is 10.6. The molecule has 1 fully saturated rings. The largest absolute Gasteiger partial charge is 0.319 e. The first-order valence-electron chi connectivity index (χ1n) is 13.4. The van der Waals surface area contributed by atoms with Crippen LogP contribution < -0.4 is 9.80 Å². The minimum absolute atomic E-state index is 0.455. The highest BCUT2D eigenvalue weighted by atomic mass is 35.5. The smallest absolute Gasteiger partial charge is 0.128 e. The number of fused-ring (bicyclic) bond motifs is 4. The summed E-state index contributed by atoms with van der Waals surface area (Å²) in [4.78, 5) is 8.88. The fourth-order valence-corrected chi connectivity index (χ4v) is 9.18. The average Bonchev–Trinajstić information content (AvgIpc) is 3.21. The number of quaternary nitrogens is 2. The van der Waals surface area contributed by atoms with Gasteiger partial charge in [0, 0.05) is 53.6 Å². The van der Waals surface area contributed by atoms with Crippen LogP contribution in [0.15, 0.2) is 105 Å². The van der Waals surface area contributed by atoms with Gasteiger partial charge < -0.3 is 9.80 Å². The molecule has 7 rings (SSSR count). The monoisotopic (exact) mass is 576 g/mol. The maximum Gasteiger partial charge on any atom is 0.128 e. The van der Waals surface area contributed by atoms with Gasteiger partial charge in [0.05, 0.1) is 0 Å². The lowest BCUT2D eigenvalue weighted by molar-refractivity contribution is -1.04. The predicted octanol–water partition coefficient (Wildman–Crippen LogP) is 5.97. The first-order valence-corrected chi connectivity index (χ1v) is 15.8. The van der Waals surface area contributed by atoms with Crippen LogP contribution >= 0.6 is 46.7 Å². The Labute approximate surface area is 243 Å². The van der Waals surface area contributed by atoms with E-state index >= 15 is 0 Å². The van der Waals surface area contributed by atoms with Crippen molar-refractivity contribution in [2.75, 3.05) is 26.2 Å². The van der Waals surface area contributed by atoms with Crippen LogP contribution in [-0.2, 0) is 12.8 Å². The van der Waals surface area contributed by atoms with Crippen molar-refractivity contribution >= 4 is 46.7 Å². The summed E-state index contributed by atoms with van der Waals surface area (Å²) in [6, 6.07) is 31.8. The van der Waals surface area contributed by atoms with E-state index in [2.05, 4.69) is 72.8 Å². The lowest BCUT2D eigenvalue weighted by Gasteiger charge is -2.38. The molecule has 6 heteroatoms. The van der Waals surface area contributed by atoms with Crippen LogP contribution in [0.3, 0.4) is 0 Å². The van der Waals surface area contributed by atoms with E-state index in [9.17, 15) is 0 Å². The summed E-state index contributed by atoms with van der Waals surface area (Å²) in [5, 5.41) is 1.67. The van der Waals surface area contributed by atoms with Gasteiger partial charge in [-0.25, -0.2) is 0 Å². The fraction of sp³-hybridized carbons (Fsp3) is 0.250. The lowest BCUT2D eigenvalue weighted by Crippen LogP contribution is -3.28. The third-order valence-corrected chi connectivity index (χ3v) is 11.3. The Morgan fingerprint density at radius 1 is 0.526 bits per heavy atom. The zero-order chi connectivity index (χ0) is 25.6. The van der Waals surface area contributed by atoms with Gasteiger partial charge in [0.1, 0.15) is 38.3 Å². The quantitative estimate of drug-likeness (QED) is 0.304. The first-order chi connectivity index (χ1) is 18.6. The van der Waals surface area contributed by atoms with E-state index in [0.29, 0.717) is 12.1 Å². The topological polar surface area (TPSA) is 8.88 Å². The maximum absolute atomic E-state index is 6.45. The van der Waals surface area contributed by atoms with Gasteiger partial charge in [-0.05, 0) is 59.7 Å². The van der Waals surface area contributed by atoms with E-state index in [1.807, 2.05) is 35.7 Å². The molecule has 0 unspecified atom stereocenters. The molecule has 4 aromatic carbocycles. The molecule has 0 aliphatic carbocycles. The molecule has 192 valence electrons. The van der Waals surface area contributed by atoms with E-state index in [4.69, 9.17) is 23.2 Å². The molecule has 3 aliphatic heterocycles. The van der Waals surface area contributed by atoms with Crippen LogP contribution in [0.25, 0.3) is 0 Å². The number of rotatable bonds is 2. The van der Waals surface area contributed by atoms with Crippen molar-refractivity contribution in [1.82, 2.24) is 0 Å². The van der Waals surface area contributed by atoms with Gasteiger partial charge in [0.2, 0.25) is 0 Å². The summed E-state index contributed by atoms with van der Waals surface area (Å²) in [5.41, 5.74) is 5.74. The van der Waals surface area contributed by atoms with Crippen LogP contribution in [0.2, 0.25) is 10.0 Å². The van der Waals surface area contributed by atoms with Gasteiger partial charge in [0.15, 0.2) is 0 Å². The highest BCUT2D eigenvalue weighted by Gasteiger charge is 2.38. The molecule has 1 saturated heterocycles. The van der Waals surface area contributed by atoms with Crippen LogP contribution in [0.1, 0.15) is 34.3 Å². The van der Waals surface area contributed by atoms with E-state index in [-0.39, 0.29) is 0 Å². The SMILES string of the molecule is Clc1ccc2c(c1)C[C@@H]([NH+]1CC[NH+]([C@H]3Cc4cc(Cl)ccc4Sc4ccccc43)CC1)c1ccccc1S2. The third-order valence-electron chi connectivity index (χ3n) is 8.44. The molecular formula is C32H30Cl2N2S2+2. The molecule has 2 nitrogen and oxygen atoms in total. The molecule has 0 amide bonds. The Morgan fingerprint density at radius 3 is 1.39 bits per heavy atom. The number of piperazine rings is 1. The van der Waals surface area contributed by atoms with Crippen LogP contribution in [-0.4, -0.2) is 26.2 Å². The zero-order valence-corrected chi connectivity index (χ0v) is 24.2. The molecule has 2 N–H and O–H groups in total. The van der Waals surface area contributed by atoms with E-state index in [1.54, 1.807) is 9.80 Å². The minimum Gasteiger partial charge on any atom is -0.319 e. The summed E-state index contributed by atoms with van der Waals surface area (Å²) in [6.45, 7) is 4.68. The summed E-state index contributed by atoms with van der Waals surface area (Å²) in [7, 11) is 0. The van der Waals surface area contributed by atoms with Crippen LogP contribution in [0.4, 0.5) is 0 Å². The Balaban J connectivity index is 1.16. The summed E-state index contributed by atoms with van der Waals surface area (Å²) in [6.07, 6.45) is 2.08. The number of halogens is 2. The normalized spacial score (nSPS) is 24.3. The molecule has 2 atom stereocenters. The van der Waals surface area contributed by atoms with Crippen LogP contribution in [0.5, 0.6) is 0 Å². The Kier molecular flexibility index (Phi) is 6.98. The van der Waals surface area contributed by atoms with Crippen molar-refractivity contribution < 1.29 is 9.80 Å². The van der Waals surface area contributed by atoms with Crippen molar-refractivity contribution in [3.63, 3.8) is 0 Å². The molecule has 0 spiro atoms. The minimum atomic E-state index is 0.455. The fourth-order valence-electron chi connectivity index (χ4n) is 6.55. The van der Waals surface area contributed by atoms with Crippen molar-refractivity contribution in [3.8, 4) is 0 Å². The van der Waals surface area contributed by atoms with Crippen molar-refractivity contribution in [2.24, 2.45) is 0 Å². The second-order valence-corrected chi connectivity index (χ2v) is 13.7. The van der Waals surface area contributed by atoms with Gasteiger partial charge in [-0.2, -0.15) is 0 Å². The standard InChI is InChI=1S/C32H28Cl2N2S2/c33-23-9-11-29-21(17-23)19-27(25-5-1-3-7-31(25)37-29)35-13-15-36(16-14-35)28-20-22-18-24(34)10-12-30(22)38-32-8-4-2-6-26(28)32/h1-12,17-18,27-28H,13-16,19-20H2/p+2/t27-,28+. The molecule has 0 aromatic heterocycles.